The van der Waals surface area contributed by atoms with Crippen LogP contribution >= 0.6 is 0 Å². The molecule has 0 aromatic carbocycles. The number of amides is 1. The van der Waals surface area contributed by atoms with Crippen LogP contribution < -0.4 is 10.2 Å². The van der Waals surface area contributed by atoms with Crippen molar-refractivity contribution in [1.29, 1.82) is 0 Å². The van der Waals surface area contributed by atoms with Gasteiger partial charge in [0, 0.05) is 19.0 Å². The summed E-state index contributed by atoms with van der Waals surface area (Å²) in [4.78, 5) is 18.5. The Labute approximate surface area is 114 Å². The van der Waals surface area contributed by atoms with Crippen LogP contribution in [-0.4, -0.2) is 24.0 Å². The predicted molar refractivity (Wildman–Crippen MR) is 76.3 cm³/mol. The molecule has 2 heterocycles. The predicted octanol–water partition coefficient (Wildman–Crippen LogP) is 2.81. The molecule has 0 unspecified atom stereocenters. The van der Waals surface area contributed by atoms with Gasteiger partial charge in [-0.25, -0.2) is 4.98 Å². The molecule has 4 heteroatoms. The van der Waals surface area contributed by atoms with E-state index in [9.17, 15) is 4.79 Å². The van der Waals surface area contributed by atoms with Crippen LogP contribution in [-0.2, 0) is 4.79 Å². The fourth-order valence-electron chi connectivity index (χ4n) is 2.70. The second kappa shape index (κ2) is 5.59. The van der Waals surface area contributed by atoms with Gasteiger partial charge in [-0.15, -0.1) is 0 Å². The van der Waals surface area contributed by atoms with Crippen molar-refractivity contribution >= 4 is 17.4 Å². The number of nitrogens with zero attached hydrogens (tertiary/aromatic N) is 2. The van der Waals surface area contributed by atoms with Crippen LogP contribution in [0, 0.1) is 5.92 Å². The first-order valence-corrected chi connectivity index (χ1v) is 7.35. The zero-order valence-corrected chi connectivity index (χ0v) is 11.3. The van der Waals surface area contributed by atoms with E-state index in [0.717, 1.165) is 25.9 Å². The van der Waals surface area contributed by atoms with Crippen molar-refractivity contribution in [3.63, 3.8) is 0 Å². The van der Waals surface area contributed by atoms with Crippen molar-refractivity contribution in [1.82, 2.24) is 4.98 Å². The molecule has 3 rings (SSSR count). The number of nitrogens with one attached hydrogen (secondary N) is 1. The molecule has 102 valence electrons. The van der Waals surface area contributed by atoms with Gasteiger partial charge in [-0.05, 0) is 44.2 Å². The van der Waals surface area contributed by atoms with E-state index in [1.54, 1.807) is 0 Å². The molecule has 19 heavy (non-hydrogen) atoms. The van der Waals surface area contributed by atoms with Gasteiger partial charge in [0.25, 0.3) is 0 Å². The number of hydrogen-bond donors (Lipinski definition) is 1. The van der Waals surface area contributed by atoms with Crippen molar-refractivity contribution < 1.29 is 4.79 Å². The van der Waals surface area contributed by atoms with Gasteiger partial charge in [-0.2, -0.15) is 0 Å². The third-order valence-corrected chi connectivity index (χ3v) is 4.20. The number of carbonyl (C=O) groups excluding carboxylic acids is 1. The van der Waals surface area contributed by atoms with Gasteiger partial charge in [0.2, 0.25) is 5.91 Å². The largest absolute Gasteiger partial charge is 0.370 e. The number of pyridine rings is 1. The summed E-state index contributed by atoms with van der Waals surface area (Å²) in [5.74, 6) is 1.02. The highest BCUT2D eigenvalue weighted by Crippen LogP contribution is 2.27. The molecule has 0 atom stereocenters. The maximum Gasteiger partial charge on any atom is 0.228 e. The topological polar surface area (TPSA) is 45.2 Å². The highest BCUT2D eigenvalue weighted by atomic mass is 16.2. The fraction of sp³-hybridized carbons (Fsp3) is 0.600. The maximum absolute atomic E-state index is 11.8. The van der Waals surface area contributed by atoms with Gasteiger partial charge in [0.1, 0.15) is 5.82 Å². The van der Waals surface area contributed by atoms with Crippen LogP contribution in [0.1, 0.15) is 38.5 Å². The Morgan fingerprint density at radius 1 is 1.16 bits per heavy atom. The summed E-state index contributed by atoms with van der Waals surface area (Å²) in [7, 11) is 0. The number of rotatable bonds is 3. The minimum absolute atomic E-state index is 0.129. The lowest BCUT2D eigenvalue weighted by Gasteiger charge is -2.28. The lowest BCUT2D eigenvalue weighted by molar-refractivity contribution is -0.122. The Morgan fingerprint density at radius 2 is 1.95 bits per heavy atom. The Hall–Kier alpha value is -1.58. The molecule has 1 N–H and O–H groups in total. The van der Waals surface area contributed by atoms with Crippen LogP contribution in [0.25, 0.3) is 0 Å². The van der Waals surface area contributed by atoms with Crippen LogP contribution in [0.4, 0.5) is 11.5 Å². The van der Waals surface area contributed by atoms with Crippen LogP contribution in [0.5, 0.6) is 0 Å². The molecule has 0 radical (unpaired) electrons. The Bertz CT molecular complexity index is 433. The number of aromatic nitrogens is 1. The lowest BCUT2D eigenvalue weighted by atomic mass is 9.85. The molecule has 0 bridgehead atoms. The van der Waals surface area contributed by atoms with Crippen LogP contribution in [0.3, 0.4) is 0 Å². The van der Waals surface area contributed by atoms with E-state index in [1.165, 1.54) is 31.4 Å². The molecule has 1 aliphatic carbocycles. The maximum atomic E-state index is 11.8. The van der Waals surface area contributed by atoms with E-state index >= 15 is 0 Å². The second-order valence-corrected chi connectivity index (χ2v) is 5.57. The lowest BCUT2D eigenvalue weighted by Crippen LogP contribution is -2.30. The quantitative estimate of drug-likeness (QED) is 0.908. The summed E-state index contributed by atoms with van der Waals surface area (Å²) in [6, 6.07) is 3.98. The first-order chi connectivity index (χ1) is 9.33. The monoisotopic (exact) mass is 259 g/mol. The zero-order chi connectivity index (χ0) is 13.1. The smallest absolute Gasteiger partial charge is 0.228 e. The SMILES string of the molecule is O=C(Nc1ccc(N2CCCCC2)cn1)C1CCC1. The highest BCUT2D eigenvalue weighted by Gasteiger charge is 2.25. The molecule has 1 aromatic heterocycles. The summed E-state index contributed by atoms with van der Waals surface area (Å²) in [5.41, 5.74) is 1.17. The summed E-state index contributed by atoms with van der Waals surface area (Å²) in [5, 5.41) is 2.91. The number of anilines is 2. The van der Waals surface area contributed by atoms with Gasteiger partial charge >= 0.3 is 0 Å². The summed E-state index contributed by atoms with van der Waals surface area (Å²) in [6.07, 6.45) is 8.97. The first-order valence-electron chi connectivity index (χ1n) is 7.35. The molecule has 1 aromatic rings. The van der Waals surface area contributed by atoms with Crippen molar-refractivity contribution in [2.75, 3.05) is 23.3 Å². The molecular weight excluding hydrogens is 238 g/mol. The van der Waals surface area contributed by atoms with E-state index in [2.05, 4.69) is 21.3 Å². The minimum atomic E-state index is 0.129. The molecule has 2 aliphatic rings. The zero-order valence-electron chi connectivity index (χ0n) is 11.3. The molecule has 4 nitrogen and oxygen atoms in total. The van der Waals surface area contributed by atoms with Crippen molar-refractivity contribution in [3.8, 4) is 0 Å². The van der Waals surface area contributed by atoms with E-state index in [1.807, 2.05) is 12.3 Å². The standard InChI is InChI=1S/C15H21N3O/c19-15(12-5-4-6-12)17-14-8-7-13(11-16-14)18-9-2-1-3-10-18/h7-8,11-12H,1-6,9-10H2,(H,16,17,19). The molecule has 1 aliphatic heterocycles. The van der Waals surface area contributed by atoms with Gasteiger partial charge in [0.15, 0.2) is 0 Å². The molecule has 1 saturated carbocycles. The molecular formula is C15H21N3O. The average Bonchev–Trinajstić information content (AvgIpc) is 2.38. The Morgan fingerprint density at radius 3 is 2.53 bits per heavy atom. The number of hydrogen-bond acceptors (Lipinski definition) is 3. The van der Waals surface area contributed by atoms with E-state index in [4.69, 9.17) is 0 Å². The number of carbonyl (C=O) groups is 1. The summed E-state index contributed by atoms with van der Waals surface area (Å²) < 4.78 is 0. The van der Waals surface area contributed by atoms with Gasteiger partial charge in [0.05, 0.1) is 11.9 Å². The van der Waals surface area contributed by atoms with E-state index in [0.29, 0.717) is 5.82 Å². The van der Waals surface area contributed by atoms with E-state index < -0.39 is 0 Å². The van der Waals surface area contributed by atoms with Gasteiger partial charge < -0.3 is 10.2 Å². The minimum Gasteiger partial charge on any atom is -0.370 e. The Kier molecular flexibility index (Phi) is 3.67. The van der Waals surface area contributed by atoms with Crippen LogP contribution in [0.2, 0.25) is 0 Å². The molecule has 1 saturated heterocycles. The normalized spacial score (nSPS) is 19.9. The fourth-order valence-corrected chi connectivity index (χ4v) is 2.70. The highest BCUT2D eigenvalue weighted by molar-refractivity contribution is 5.92. The van der Waals surface area contributed by atoms with Crippen molar-refractivity contribution in [3.05, 3.63) is 18.3 Å². The van der Waals surface area contributed by atoms with Crippen LogP contribution in [0.15, 0.2) is 18.3 Å². The van der Waals surface area contributed by atoms with Crippen molar-refractivity contribution in [2.45, 2.75) is 38.5 Å². The second-order valence-electron chi connectivity index (χ2n) is 5.57. The van der Waals surface area contributed by atoms with Gasteiger partial charge in [-0.1, -0.05) is 6.42 Å². The van der Waals surface area contributed by atoms with Crippen molar-refractivity contribution in [2.24, 2.45) is 5.92 Å². The third-order valence-electron chi connectivity index (χ3n) is 4.20. The van der Waals surface area contributed by atoms with Gasteiger partial charge in [-0.3, -0.25) is 4.79 Å². The molecule has 0 spiro atoms. The average molecular weight is 259 g/mol. The summed E-state index contributed by atoms with van der Waals surface area (Å²) in [6.45, 7) is 2.24. The molecule has 1 amide bonds. The summed E-state index contributed by atoms with van der Waals surface area (Å²) >= 11 is 0. The molecule has 2 fully saturated rings. The first kappa shape index (κ1) is 12.5. The van der Waals surface area contributed by atoms with E-state index in [-0.39, 0.29) is 11.8 Å². The number of piperidine rings is 1. The third kappa shape index (κ3) is 2.88. The Balaban J connectivity index is 1.59.